The molecule has 0 heterocycles. The van der Waals surface area contributed by atoms with Gasteiger partial charge < -0.3 is 20.6 Å². The quantitative estimate of drug-likeness (QED) is 0.560. The van der Waals surface area contributed by atoms with Gasteiger partial charge in [-0.1, -0.05) is 42.5 Å². The fraction of sp³-hybridized carbons (Fsp3) is 0.429. The molecule has 0 bridgehead atoms. The lowest BCUT2D eigenvalue weighted by molar-refractivity contribution is -0.0564. The van der Waals surface area contributed by atoms with Crippen LogP contribution in [0.4, 0.5) is 0 Å². The molecule has 0 spiro atoms. The van der Waals surface area contributed by atoms with Gasteiger partial charge >= 0.3 is 0 Å². The van der Waals surface area contributed by atoms with Crippen LogP contribution in [0.1, 0.15) is 5.56 Å². The highest BCUT2D eigenvalue weighted by Gasteiger charge is 2.32. The van der Waals surface area contributed by atoms with Crippen LogP contribution in [-0.2, 0) is 6.42 Å². The second-order valence-corrected chi connectivity index (χ2v) is 4.57. The minimum Gasteiger partial charge on any atom is -0.388 e. The zero-order valence-corrected chi connectivity index (χ0v) is 10.1. The first-order valence-electron chi connectivity index (χ1n) is 6.18. The molecular weight excluding hydrogens is 230 g/mol. The molecule has 4 unspecified atom stereocenters. The van der Waals surface area contributed by atoms with Gasteiger partial charge in [0, 0.05) is 0 Å². The summed E-state index contributed by atoms with van der Waals surface area (Å²) in [6.45, 7) is 0.707. The van der Waals surface area contributed by atoms with Gasteiger partial charge in [0.1, 0.15) is 18.3 Å². The summed E-state index contributed by atoms with van der Waals surface area (Å²) in [6.07, 6.45) is 0.999. The number of hydrogen-bond acceptors (Lipinski definition) is 4. The smallest absolute Gasteiger partial charge is 0.111 e. The Hall–Kier alpha value is -1.20. The van der Waals surface area contributed by atoms with Crippen molar-refractivity contribution >= 4 is 0 Å². The second-order valence-electron chi connectivity index (χ2n) is 4.57. The Kier molecular flexibility index (Phi) is 4.49. The van der Waals surface area contributed by atoms with E-state index in [9.17, 15) is 15.3 Å². The molecule has 1 aromatic carbocycles. The number of aliphatic hydroxyl groups excluding tert-OH is 3. The summed E-state index contributed by atoms with van der Waals surface area (Å²) in [5.74, 6) is 0. The molecule has 1 aliphatic carbocycles. The van der Waals surface area contributed by atoms with Crippen LogP contribution < -0.4 is 5.32 Å². The van der Waals surface area contributed by atoms with Crippen LogP contribution >= 0.6 is 0 Å². The molecule has 4 N–H and O–H groups in total. The van der Waals surface area contributed by atoms with Gasteiger partial charge in [0.15, 0.2) is 0 Å². The van der Waals surface area contributed by atoms with Crippen LogP contribution in [0.3, 0.4) is 0 Å². The fourth-order valence-electron chi connectivity index (χ4n) is 2.09. The second kappa shape index (κ2) is 6.11. The Labute approximate surface area is 107 Å². The number of hydrogen-bond donors (Lipinski definition) is 4. The Morgan fingerprint density at radius 1 is 0.944 bits per heavy atom. The van der Waals surface area contributed by atoms with Crippen molar-refractivity contribution in [1.29, 1.82) is 0 Å². The first kappa shape index (κ1) is 13.2. The van der Waals surface area contributed by atoms with Gasteiger partial charge in [-0.3, -0.25) is 0 Å². The van der Waals surface area contributed by atoms with Gasteiger partial charge in [0.25, 0.3) is 0 Å². The van der Waals surface area contributed by atoms with Gasteiger partial charge in [0.2, 0.25) is 0 Å². The number of rotatable bonds is 4. The van der Waals surface area contributed by atoms with E-state index in [1.165, 1.54) is 11.6 Å². The van der Waals surface area contributed by atoms with Crippen molar-refractivity contribution in [2.45, 2.75) is 30.8 Å². The van der Waals surface area contributed by atoms with E-state index < -0.39 is 18.3 Å². The summed E-state index contributed by atoms with van der Waals surface area (Å²) >= 11 is 0. The van der Waals surface area contributed by atoms with Gasteiger partial charge in [0.05, 0.1) is 6.04 Å². The van der Waals surface area contributed by atoms with E-state index in [0.29, 0.717) is 6.54 Å². The monoisotopic (exact) mass is 249 g/mol. The van der Waals surface area contributed by atoms with Crippen molar-refractivity contribution < 1.29 is 15.3 Å². The lowest BCUT2D eigenvalue weighted by atomic mass is 9.94. The molecule has 0 fully saturated rings. The summed E-state index contributed by atoms with van der Waals surface area (Å²) in [7, 11) is 0. The molecular formula is C14H19NO3. The van der Waals surface area contributed by atoms with Crippen molar-refractivity contribution in [2.75, 3.05) is 6.54 Å². The third-order valence-electron chi connectivity index (χ3n) is 3.22. The first-order valence-corrected chi connectivity index (χ1v) is 6.18. The summed E-state index contributed by atoms with van der Waals surface area (Å²) in [5, 5.41) is 31.8. The SMILES string of the molecule is OC1C=CC(NCCc2ccccc2)C(O)C1O. The minimum atomic E-state index is -1.12. The molecule has 98 valence electrons. The molecule has 0 amide bonds. The Morgan fingerprint density at radius 2 is 1.67 bits per heavy atom. The largest absolute Gasteiger partial charge is 0.388 e. The molecule has 0 aromatic heterocycles. The predicted octanol–water partition coefficient (Wildman–Crippen LogP) is -0.160. The minimum absolute atomic E-state index is 0.313. The van der Waals surface area contributed by atoms with E-state index in [1.54, 1.807) is 6.08 Å². The average Bonchev–Trinajstić information content (AvgIpc) is 2.40. The number of nitrogens with one attached hydrogen (secondary N) is 1. The highest BCUT2D eigenvalue weighted by molar-refractivity contribution is 5.15. The number of aliphatic hydroxyl groups is 3. The lowest BCUT2D eigenvalue weighted by Gasteiger charge is -2.31. The molecule has 4 heteroatoms. The predicted molar refractivity (Wildman–Crippen MR) is 69.1 cm³/mol. The molecule has 0 aliphatic heterocycles. The van der Waals surface area contributed by atoms with Gasteiger partial charge in [-0.2, -0.15) is 0 Å². The van der Waals surface area contributed by atoms with E-state index in [4.69, 9.17) is 0 Å². The molecule has 0 saturated heterocycles. The molecule has 0 radical (unpaired) electrons. The molecule has 1 aliphatic rings. The van der Waals surface area contributed by atoms with Crippen LogP contribution in [0.25, 0.3) is 0 Å². The van der Waals surface area contributed by atoms with Crippen LogP contribution in [0.15, 0.2) is 42.5 Å². The first-order chi connectivity index (χ1) is 8.68. The van der Waals surface area contributed by atoms with E-state index in [0.717, 1.165) is 6.42 Å². The maximum absolute atomic E-state index is 9.78. The van der Waals surface area contributed by atoms with E-state index in [1.807, 2.05) is 30.3 Å². The lowest BCUT2D eigenvalue weighted by Crippen LogP contribution is -2.52. The summed E-state index contributed by atoms with van der Waals surface area (Å²) in [6, 6.07) is 9.74. The van der Waals surface area contributed by atoms with Crippen molar-refractivity contribution in [2.24, 2.45) is 0 Å². The van der Waals surface area contributed by atoms with Crippen molar-refractivity contribution in [3.63, 3.8) is 0 Å². The molecule has 1 aromatic rings. The highest BCUT2D eigenvalue weighted by atomic mass is 16.4. The summed E-state index contributed by atoms with van der Waals surface area (Å²) < 4.78 is 0. The van der Waals surface area contributed by atoms with Crippen molar-refractivity contribution in [3.8, 4) is 0 Å². The molecule has 2 rings (SSSR count). The number of benzene rings is 1. The standard InChI is InChI=1S/C14H19NO3/c16-12-7-6-11(13(17)14(12)18)15-9-8-10-4-2-1-3-5-10/h1-7,11-18H,8-9H2. The zero-order chi connectivity index (χ0) is 13.0. The van der Waals surface area contributed by atoms with E-state index >= 15 is 0 Å². The van der Waals surface area contributed by atoms with Crippen molar-refractivity contribution in [1.82, 2.24) is 5.32 Å². The maximum Gasteiger partial charge on any atom is 0.111 e. The fourth-order valence-corrected chi connectivity index (χ4v) is 2.09. The third kappa shape index (κ3) is 3.17. The van der Waals surface area contributed by atoms with Gasteiger partial charge in [-0.15, -0.1) is 0 Å². The Balaban J connectivity index is 1.82. The normalized spacial score (nSPS) is 31.5. The Bertz CT molecular complexity index is 393. The van der Waals surface area contributed by atoms with E-state index in [-0.39, 0.29) is 6.04 Å². The molecule has 0 saturated carbocycles. The van der Waals surface area contributed by atoms with Crippen molar-refractivity contribution in [3.05, 3.63) is 48.0 Å². The van der Waals surface area contributed by atoms with E-state index in [2.05, 4.69) is 5.32 Å². The van der Waals surface area contributed by atoms with Crippen LogP contribution in [0.5, 0.6) is 0 Å². The molecule has 4 atom stereocenters. The molecule has 18 heavy (non-hydrogen) atoms. The summed E-state index contributed by atoms with van der Waals surface area (Å²) in [4.78, 5) is 0. The zero-order valence-electron chi connectivity index (χ0n) is 10.1. The highest BCUT2D eigenvalue weighted by Crippen LogP contribution is 2.13. The van der Waals surface area contributed by atoms with Gasteiger partial charge in [-0.05, 0) is 18.5 Å². The Morgan fingerprint density at radius 3 is 2.39 bits per heavy atom. The maximum atomic E-state index is 9.78. The van der Waals surface area contributed by atoms with Crippen LogP contribution in [0, 0.1) is 0 Å². The topological polar surface area (TPSA) is 72.7 Å². The van der Waals surface area contributed by atoms with Crippen LogP contribution in [-0.4, -0.2) is 46.2 Å². The molecule has 4 nitrogen and oxygen atoms in total. The van der Waals surface area contributed by atoms with Gasteiger partial charge in [-0.25, -0.2) is 0 Å². The van der Waals surface area contributed by atoms with Crippen LogP contribution in [0.2, 0.25) is 0 Å². The third-order valence-corrected chi connectivity index (χ3v) is 3.22. The average molecular weight is 249 g/mol. The summed E-state index contributed by atoms with van der Waals surface area (Å²) in [5.41, 5.74) is 1.22.